The molecule has 0 spiro atoms. The van der Waals surface area contributed by atoms with E-state index in [4.69, 9.17) is 18.0 Å². The Morgan fingerprint density at radius 1 is 1.30 bits per heavy atom. The van der Waals surface area contributed by atoms with Gasteiger partial charge in [-0.1, -0.05) is 18.3 Å². The fraction of sp³-hybridized carbons (Fsp3) is 0.500. The standard InChI is InChI=1S/C14H17F3N2S/c1-9-2-3-11(13(18)20)12(8-9)19-6-4-10(5-7-19)14(15,16)17/h2-3,8,10H,4-7H2,1H3,(H2,18,20). The molecule has 110 valence electrons. The van der Waals surface area contributed by atoms with E-state index in [9.17, 15) is 13.2 Å². The van der Waals surface area contributed by atoms with Crippen molar-refractivity contribution in [2.75, 3.05) is 18.0 Å². The van der Waals surface area contributed by atoms with Crippen LogP contribution in [-0.2, 0) is 0 Å². The topological polar surface area (TPSA) is 29.3 Å². The maximum Gasteiger partial charge on any atom is 0.391 e. The quantitative estimate of drug-likeness (QED) is 0.849. The molecule has 2 rings (SSSR count). The Morgan fingerprint density at radius 2 is 1.90 bits per heavy atom. The first kappa shape index (κ1) is 15.1. The molecule has 1 aliphatic rings. The van der Waals surface area contributed by atoms with Crippen molar-refractivity contribution < 1.29 is 13.2 Å². The number of hydrogen-bond acceptors (Lipinski definition) is 2. The van der Waals surface area contributed by atoms with Crippen LogP contribution < -0.4 is 10.6 Å². The zero-order chi connectivity index (χ0) is 14.9. The molecule has 2 N–H and O–H groups in total. The van der Waals surface area contributed by atoms with Crippen LogP contribution in [0, 0.1) is 12.8 Å². The molecule has 0 amide bonds. The number of nitrogens with two attached hydrogens (primary N) is 1. The Hall–Kier alpha value is -1.30. The predicted octanol–water partition coefficient (Wildman–Crippen LogP) is 3.41. The minimum Gasteiger partial charge on any atom is -0.389 e. The highest BCUT2D eigenvalue weighted by atomic mass is 32.1. The van der Waals surface area contributed by atoms with Crippen LogP contribution in [0.5, 0.6) is 0 Å². The SMILES string of the molecule is Cc1ccc(C(N)=S)c(N2CCC(C(F)(F)F)CC2)c1. The lowest BCUT2D eigenvalue weighted by molar-refractivity contribution is -0.179. The molecule has 1 heterocycles. The molecule has 1 fully saturated rings. The van der Waals surface area contributed by atoms with Gasteiger partial charge in [-0.25, -0.2) is 0 Å². The maximum atomic E-state index is 12.7. The highest BCUT2D eigenvalue weighted by Crippen LogP contribution is 2.36. The van der Waals surface area contributed by atoms with Gasteiger partial charge in [0.25, 0.3) is 0 Å². The molecular formula is C14H17F3N2S. The molecule has 0 saturated carbocycles. The number of hydrogen-bond donors (Lipinski definition) is 1. The fourth-order valence-electron chi connectivity index (χ4n) is 2.56. The summed E-state index contributed by atoms with van der Waals surface area (Å²) in [6, 6.07) is 5.67. The van der Waals surface area contributed by atoms with E-state index in [1.807, 2.05) is 30.0 Å². The van der Waals surface area contributed by atoms with Gasteiger partial charge in [-0.3, -0.25) is 0 Å². The largest absolute Gasteiger partial charge is 0.391 e. The summed E-state index contributed by atoms with van der Waals surface area (Å²) >= 11 is 5.02. The predicted molar refractivity (Wildman–Crippen MR) is 78.1 cm³/mol. The first-order valence-corrected chi connectivity index (χ1v) is 6.92. The molecule has 0 radical (unpaired) electrons. The minimum atomic E-state index is -4.09. The highest BCUT2D eigenvalue weighted by Gasteiger charge is 2.41. The van der Waals surface area contributed by atoms with E-state index < -0.39 is 12.1 Å². The van der Waals surface area contributed by atoms with Gasteiger partial charge >= 0.3 is 6.18 Å². The second-order valence-electron chi connectivity index (χ2n) is 5.19. The molecular weight excluding hydrogens is 285 g/mol. The van der Waals surface area contributed by atoms with Crippen molar-refractivity contribution in [2.24, 2.45) is 11.7 Å². The molecule has 1 aromatic carbocycles. The number of piperidine rings is 1. The van der Waals surface area contributed by atoms with Crippen molar-refractivity contribution in [3.63, 3.8) is 0 Å². The Morgan fingerprint density at radius 3 is 2.40 bits per heavy atom. The molecule has 0 bridgehead atoms. The first-order chi connectivity index (χ1) is 9.29. The summed E-state index contributed by atoms with van der Waals surface area (Å²) in [4.78, 5) is 2.22. The first-order valence-electron chi connectivity index (χ1n) is 6.51. The van der Waals surface area contributed by atoms with Crippen molar-refractivity contribution in [3.8, 4) is 0 Å². The van der Waals surface area contributed by atoms with Crippen molar-refractivity contribution >= 4 is 22.9 Å². The number of thiocarbonyl (C=S) groups is 1. The monoisotopic (exact) mass is 302 g/mol. The Kier molecular flexibility index (Phi) is 4.22. The third-order valence-electron chi connectivity index (χ3n) is 3.72. The van der Waals surface area contributed by atoms with E-state index in [-0.39, 0.29) is 17.8 Å². The van der Waals surface area contributed by atoms with Gasteiger partial charge < -0.3 is 10.6 Å². The summed E-state index contributed by atoms with van der Waals surface area (Å²) in [6.07, 6.45) is -3.85. The molecule has 0 unspecified atom stereocenters. The third-order valence-corrected chi connectivity index (χ3v) is 3.94. The molecule has 0 aliphatic carbocycles. The third kappa shape index (κ3) is 3.23. The van der Waals surface area contributed by atoms with E-state index in [1.165, 1.54) is 0 Å². The normalized spacial score (nSPS) is 17.3. The Labute approximate surface area is 121 Å². The molecule has 1 aliphatic heterocycles. The van der Waals surface area contributed by atoms with Crippen LogP contribution in [0.15, 0.2) is 18.2 Å². The van der Waals surface area contributed by atoms with E-state index in [1.54, 1.807) is 0 Å². The van der Waals surface area contributed by atoms with E-state index in [2.05, 4.69) is 0 Å². The van der Waals surface area contributed by atoms with Crippen LogP contribution in [-0.4, -0.2) is 24.3 Å². The number of halogens is 3. The van der Waals surface area contributed by atoms with Gasteiger partial charge in [-0.2, -0.15) is 13.2 Å². The molecule has 0 atom stereocenters. The summed E-state index contributed by atoms with van der Waals surface area (Å²) in [7, 11) is 0. The smallest absolute Gasteiger partial charge is 0.389 e. The second-order valence-corrected chi connectivity index (χ2v) is 5.63. The highest BCUT2D eigenvalue weighted by molar-refractivity contribution is 7.80. The lowest BCUT2D eigenvalue weighted by atomic mass is 9.95. The number of aryl methyl sites for hydroxylation is 1. The Balaban J connectivity index is 2.18. The van der Waals surface area contributed by atoms with Crippen LogP contribution in [0.1, 0.15) is 24.0 Å². The van der Waals surface area contributed by atoms with Gasteiger partial charge in [0, 0.05) is 24.3 Å². The van der Waals surface area contributed by atoms with Crippen LogP contribution >= 0.6 is 12.2 Å². The summed E-state index contributed by atoms with van der Waals surface area (Å²) < 4.78 is 38.0. The van der Waals surface area contributed by atoms with Crippen LogP contribution in [0.3, 0.4) is 0 Å². The van der Waals surface area contributed by atoms with Crippen LogP contribution in [0.2, 0.25) is 0 Å². The second kappa shape index (κ2) is 5.60. The molecule has 1 saturated heterocycles. The van der Waals surface area contributed by atoms with Crippen LogP contribution in [0.25, 0.3) is 0 Å². The number of nitrogens with zero attached hydrogens (tertiary/aromatic N) is 1. The molecule has 1 aromatic rings. The molecule has 2 nitrogen and oxygen atoms in total. The van der Waals surface area contributed by atoms with Gasteiger partial charge in [-0.05, 0) is 37.5 Å². The average Bonchev–Trinajstić information content (AvgIpc) is 2.37. The zero-order valence-corrected chi connectivity index (χ0v) is 12.0. The van der Waals surface area contributed by atoms with Crippen molar-refractivity contribution in [2.45, 2.75) is 25.9 Å². The number of anilines is 1. The maximum absolute atomic E-state index is 12.7. The number of rotatable bonds is 2. The van der Waals surface area contributed by atoms with E-state index in [0.717, 1.165) is 16.8 Å². The molecule has 0 aromatic heterocycles. The number of alkyl halides is 3. The molecule has 20 heavy (non-hydrogen) atoms. The lowest BCUT2D eigenvalue weighted by Crippen LogP contribution is -2.39. The van der Waals surface area contributed by atoms with Crippen molar-refractivity contribution in [1.29, 1.82) is 0 Å². The van der Waals surface area contributed by atoms with Crippen molar-refractivity contribution in [1.82, 2.24) is 0 Å². The average molecular weight is 302 g/mol. The van der Waals surface area contributed by atoms with Gasteiger partial charge in [0.15, 0.2) is 0 Å². The van der Waals surface area contributed by atoms with Gasteiger partial charge in [0.05, 0.1) is 5.92 Å². The number of benzene rings is 1. The zero-order valence-electron chi connectivity index (χ0n) is 11.2. The van der Waals surface area contributed by atoms with Crippen LogP contribution in [0.4, 0.5) is 18.9 Å². The lowest BCUT2D eigenvalue weighted by Gasteiger charge is -2.35. The van der Waals surface area contributed by atoms with E-state index in [0.29, 0.717) is 13.1 Å². The fourth-order valence-corrected chi connectivity index (χ4v) is 2.73. The molecule has 6 heteroatoms. The minimum absolute atomic E-state index is 0.119. The van der Waals surface area contributed by atoms with Crippen molar-refractivity contribution in [3.05, 3.63) is 29.3 Å². The summed E-state index contributed by atoms with van der Waals surface area (Å²) in [5.74, 6) is -1.20. The Bertz CT molecular complexity index is 506. The van der Waals surface area contributed by atoms with Gasteiger partial charge in [0.2, 0.25) is 0 Å². The van der Waals surface area contributed by atoms with Gasteiger partial charge in [0.1, 0.15) is 4.99 Å². The van der Waals surface area contributed by atoms with Gasteiger partial charge in [-0.15, -0.1) is 0 Å². The summed E-state index contributed by atoms with van der Waals surface area (Å²) in [6.45, 7) is 2.70. The van der Waals surface area contributed by atoms with E-state index >= 15 is 0 Å². The summed E-state index contributed by atoms with van der Waals surface area (Å²) in [5, 5.41) is 0. The summed E-state index contributed by atoms with van der Waals surface area (Å²) in [5.41, 5.74) is 8.31.